The van der Waals surface area contributed by atoms with Crippen LogP contribution in [0.2, 0.25) is 0 Å². The molecule has 11 heteroatoms. The van der Waals surface area contributed by atoms with E-state index in [1.807, 2.05) is 67.8 Å². The van der Waals surface area contributed by atoms with E-state index < -0.39 is 0 Å². The van der Waals surface area contributed by atoms with E-state index in [1.54, 1.807) is 14.2 Å². The van der Waals surface area contributed by atoms with Gasteiger partial charge in [-0.05, 0) is 19.1 Å². The van der Waals surface area contributed by atoms with Crippen molar-refractivity contribution in [2.75, 3.05) is 25.3 Å². The Morgan fingerprint density at radius 2 is 1.83 bits per heavy atom. The fourth-order valence-electron chi connectivity index (χ4n) is 3.25. The second-order valence-corrected chi connectivity index (χ2v) is 8.92. The van der Waals surface area contributed by atoms with E-state index in [1.165, 1.54) is 11.8 Å². The second-order valence-electron chi connectivity index (χ2n) is 7.98. The lowest BCUT2D eigenvalue weighted by Crippen LogP contribution is -2.15. The van der Waals surface area contributed by atoms with Crippen molar-refractivity contribution in [3.05, 3.63) is 53.9 Å². The maximum Gasteiger partial charge on any atom is 0.322 e. The minimum atomic E-state index is -0.307. The number of amides is 1. The summed E-state index contributed by atoms with van der Waals surface area (Å²) >= 11 is 1.22. The van der Waals surface area contributed by atoms with Gasteiger partial charge in [0.2, 0.25) is 11.8 Å². The Labute approximate surface area is 207 Å². The molecule has 0 aliphatic heterocycles. The topological polar surface area (TPSA) is 117 Å². The summed E-state index contributed by atoms with van der Waals surface area (Å²) in [6.07, 6.45) is 0. The molecule has 182 valence electrons. The molecule has 0 spiro atoms. The highest BCUT2D eigenvalue weighted by Gasteiger charge is 2.21. The van der Waals surface area contributed by atoms with Crippen LogP contribution in [0.1, 0.15) is 31.2 Å². The maximum absolute atomic E-state index is 12.6. The number of ether oxygens (including phenoxy) is 2. The minimum absolute atomic E-state index is 0.0533. The molecule has 0 aliphatic carbocycles. The predicted molar refractivity (Wildman–Crippen MR) is 132 cm³/mol. The molecular formula is C24H26N6O4S. The number of benzene rings is 2. The summed E-state index contributed by atoms with van der Waals surface area (Å²) in [4.78, 5) is 12.6. The lowest BCUT2D eigenvalue weighted by molar-refractivity contribution is -0.113. The summed E-state index contributed by atoms with van der Waals surface area (Å²) < 4.78 is 18.4. The molecule has 0 atom stereocenters. The Bertz CT molecular complexity index is 1320. The molecule has 0 fully saturated rings. The molecule has 2 aromatic carbocycles. The van der Waals surface area contributed by atoms with Crippen LogP contribution in [-0.2, 0) is 4.79 Å². The van der Waals surface area contributed by atoms with Crippen LogP contribution < -0.4 is 14.8 Å². The number of aromatic nitrogens is 5. The quantitative estimate of drug-likeness (QED) is 0.336. The molecule has 1 N–H and O–H groups in total. The van der Waals surface area contributed by atoms with Gasteiger partial charge in [-0.2, -0.15) is 0 Å². The average Bonchev–Trinajstić information content (AvgIpc) is 3.50. The summed E-state index contributed by atoms with van der Waals surface area (Å²) in [6, 6.07) is 13.5. The number of aryl methyl sites for hydroxylation is 1. The van der Waals surface area contributed by atoms with Gasteiger partial charge < -0.3 is 13.9 Å². The molecule has 0 aliphatic rings. The Hall–Kier alpha value is -3.86. The van der Waals surface area contributed by atoms with Gasteiger partial charge in [0.15, 0.2) is 11.0 Å². The first kappa shape index (κ1) is 24.3. The van der Waals surface area contributed by atoms with E-state index in [4.69, 9.17) is 13.9 Å². The van der Waals surface area contributed by atoms with Crippen LogP contribution in [-0.4, -0.2) is 50.8 Å². The van der Waals surface area contributed by atoms with Crippen molar-refractivity contribution >= 4 is 23.7 Å². The van der Waals surface area contributed by atoms with E-state index in [2.05, 4.69) is 25.7 Å². The fourth-order valence-corrected chi connectivity index (χ4v) is 3.99. The van der Waals surface area contributed by atoms with Crippen LogP contribution in [0.5, 0.6) is 11.5 Å². The minimum Gasteiger partial charge on any atom is -0.497 e. The smallest absolute Gasteiger partial charge is 0.322 e. The van der Waals surface area contributed by atoms with Gasteiger partial charge in [-0.25, -0.2) is 0 Å². The fraction of sp³-hybridized carbons (Fsp3) is 0.292. The zero-order chi connectivity index (χ0) is 24.9. The molecule has 0 saturated carbocycles. The van der Waals surface area contributed by atoms with Gasteiger partial charge in [0, 0.05) is 17.5 Å². The number of thioether (sulfide) groups is 1. The first-order valence-electron chi connectivity index (χ1n) is 10.9. The highest BCUT2D eigenvalue weighted by molar-refractivity contribution is 7.99. The monoisotopic (exact) mass is 494 g/mol. The number of carbonyl (C=O) groups excluding carboxylic acids is 1. The number of hydrogen-bond acceptors (Lipinski definition) is 9. The number of rotatable bonds is 9. The van der Waals surface area contributed by atoms with Gasteiger partial charge >= 0.3 is 6.01 Å². The van der Waals surface area contributed by atoms with Gasteiger partial charge in [-0.1, -0.05) is 60.5 Å². The molecule has 0 radical (unpaired) electrons. The van der Waals surface area contributed by atoms with Crippen molar-refractivity contribution in [2.45, 2.75) is 31.8 Å². The van der Waals surface area contributed by atoms with E-state index in [0.29, 0.717) is 34.1 Å². The Balaban J connectivity index is 1.66. The number of nitrogens with one attached hydrogen (secondary N) is 1. The van der Waals surface area contributed by atoms with Gasteiger partial charge in [0.05, 0.1) is 25.7 Å². The van der Waals surface area contributed by atoms with Gasteiger partial charge in [0.25, 0.3) is 0 Å². The van der Waals surface area contributed by atoms with Crippen LogP contribution >= 0.6 is 11.8 Å². The van der Waals surface area contributed by atoms with E-state index >= 15 is 0 Å². The van der Waals surface area contributed by atoms with Crippen molar-refractivity contribution in [2.24, 2.45) is 0 Å². The van der Waals surface area contributed by atoms with Crippen molar-refractivity contribution in [1.82, 2.24) is 25.0 Å². The summed E-state index contributed by atoms with van der Waals surface area (Å²) in [5, 5.41) is 19.7. The SMILES string of the molecule is COc1ccc(OC)c(-n2c(SCC(=O)Nc3nnc(C(C)C)o3)nnc2-c2ccc(C)cc2)c1. The number of anilines is 1. The molecule has 0 saturated heterocycles. The van der Waals surface area contributed by atoms with Crippen LogP contribution in [0, 0.1) is 6.92 Å². The zero-order valence-corrected chi connectivity index (χ0v) is 20.9. The average molecular weight is 495 g/mol. The first-order valence-corrected chi connectivity index (χ1v) is 11.9. The largest absolute Gasteiger partial charge is 0.497 e. The molecule has 0 unspecified atom stereocenters. The van der Waals surface area contributed by atoms with Gasteiger partial charge in [-0.15, -0.1) is 15.3 Å². The zero-order valence-electron chi connectivity index (χ0n) is 20.1. The predicted octanol–water partition coefficient (Wildman–Crippen LogP) is 4.50. The van der Waals surface area contributed by atoms with Crippen LogP contribution in [0.15, 0.2) is 52.0 Å². The van der Waals surface area contributed by atoms with Gasteiger partial charge in [-0.3, -0.25) is 14.7 Å². The summed E-state index contributed by atoms with van der Waals surface area (Å²) in [5.41, 5.74) is 2.69. The molecule has 2 aromatic heterocycles. The van der Waals surface area contributed by atoms with Crippen LogP contribution in [0.3, 0.4) is 0 Å². The van der Waals surface area contributed by atoms with Crippen molar-refractivity contribution in [3.8, 4) is 28.6 Å². The second kappa shape index (κ2) is 10.6. The highest BCUT2D eigenvalue weighted by Crippen LogP contribution is 2.35. The molecular weight excluding hydrogens is 468 g/mol. The third-order valence-corrected chi connectivity index (χ3v) is 6.01. The number of methoxy groups -OCH3 is 2. The van der Waals surface area contributed by atoms with Crippen molar-refractivity contribution < 1.29 is 18.7 Å². The summed E-state index contributed by atoms with van der Waals surface area (Å²) in [6.45, 7) is 5.88. The standard InChI is InChI=1S/C24H26N6O4S/c1-14(2)22-27-28-23(34-22)25-20(31)13-35-24-29-26-21(16-8-6-15(3)7-9-16)30(24)18-12-17(32-4)10-11-19(18)33-5/h6-12,14H,13H2,1-5H3,(H,25,28,31). The first-order chi connectivity index (χ1) is 16.9. The number of carbonyl (C=O) groups is 1. The Morgan fingerprint density at radius 1 is 1.06 bits per heavy atom. The van der Waals surface area contributed by atoms with E-state index in [9.17, 15) is 4.79 Å². The third kappa shape index (κ3) is 5.46. The Kier molecular flexibility index (Phi) is 7.35. The molecule has 35 heavy (non-hydrogen) atoms. The Morgan fingerprint density at radius 3 is 2.49 bits per heavy atom. The number of nitrogens with zero attached hydrogens (tertiary/aromatic N) is 5. The van der Waals surface area contributed by atoms with Crippen molar-refractivity contribution in [1.29, 1.82) is 0 Å². The maximum atomic E-state index is 12.6. The van der Waals surface area contributed by atoms with E-state index in [0.717, 1.165) is 11.1 Å². The van der Waals surface area contributed by atoms with Gasteiger partial charge in [0.1, 0.15) is 11.5 Å². The summed E-state index contributed by atoms with van der Waals surface area (Å²) in [5.74, 6) is 2.14. The molecule has 4 aromatic rings. The normalized spacial score (nSPS) is 11.0. The number of hydrogen-bond donors (Lipinski definition) is 1. The van der Waals surface area contributed by atoms with Crippen LogP contribution in [0.4, 0.5) is 6.01 Å². The highest BCUT2D eigenvalue weighted by atomic mass is 32.2. The summed E-state index contributed by atoms with van der Waals surface area (Å²) in [7, 11) is 3.19. The third-order valence-electron chi connectivity index (χ3n) is 5.08. The molecule has 0 bridgehead atoms. The molecule has 1 amide bonds. The molecule has 10 nitrogen and oxygen atoms in total. The van der Waals surface area contributed by atoms with Crippen LogP contribution in [0.25, 0.3) is 17.1 Å². The lowest BCUT2D eigenvalue weighted by atomic mass is 10.1. The molecule has 2 heterocycles. The molecule has 4 rings (SSSR count). The van der Waals surface area contributed by atoms with E-state index in [-0.39, 0.29) is 23.6 Å². The lowest BCUT2D eigenvalue weighted by Gasteiger charge is -2.15. The van der Waals surface area contributed by atoms with Crippen molar-refractivity contribution in [3.63, 3.8) is 0 Å².